The van der Waals surface area contributed by atoms with Gasteiger partial charge in [0.05, 0.1) is 5.56 Å². The van der Waals surface area contributed by atoms with Gasteiger partial charge in [-0.1, -0.05) is 24.3 Å². The van der Waals surface area contributed by atoms with Crippen molar-refractivity contribution in [3.8, 4) is 11.5 Å². The van der Waals surface area contributed by atoms with Gasteiger partial charge < -0.3 is 19.9 Å². The fourth-order valence-electron chi connectivity index (χ4n) is 5.37. The Kier molecular flexibility index (Phi) is 11.6. The molecule has 1 saturated heterocycles. The Balaban J connectivity index is 0.00000253. The van der Waals surface area contributed by atoms with Crippen LogP contribution in [-0.4, -0.2) is 54.4 Å². The molecule has 1 heterocycles. The molecular formula is C30H31Cl2F5N2O4. The zero-order chi connectivity index (χ0) is 29.1. The van der Waals surface area contributed by atoms with Crippen molar-refractivity contribution in [1.29, 1.82) is 0 Å². The molecule has 2 fully saturated rings. The summed E-state index contributed by atoms with van der Waals surface area (Å²) in [6.45, 7) is 3.54. The van der Waals surface area contributed by atoms with E-state index in [1.165, 1.54) is 0 Å². The highest BCUT2D eigenvalue weighted by molar-refractivity contribution is 5.85. The van der Waals surface area contributed by atoms with Gasteiger partial charge in [-0.25, -0.2) is 13.6 Å². The number of aliphatic carboxylic acids is 1. The Hall–Kier alpha value is -3.12. The first-order valence-electron chi connectivity index (χ1n) is 13.2. The summed E-state index contributed by atoms with van der Waals surface area (Å²) < 4.78 is 76.1. The molecule has 5 rings (SSSR count). The van der Waals surface area contributed by atoms with Crippen LogP contribution in [0.3, 0.4) is 0 Å². The number of likely N-dealkylation sites (tertiary alicyclic amines) is 1. The molecule has 1 saturated carbocycles. The summed E-state index contributed by atoms with van der Waals surface area (Å²) in [4.78, 5) is 13.9. The van der Waals surface area contributed by atoms with Crippen molar-refractivity contribution in [2.75, 3.05) is 26.2 Å². The third-order valence-electron chi connectivity index (χ3n) is 7.44. The maximum Gasteiger partial charge on any atom is 0.416 e. The van der Waals surface area contributed by atoms with Gasteiger partial charge in [0.25, 0.3) is 0 Å². The molecule has 1 unspecified atom stereocenters. The zero-order valence-corrected chi connectivity index (χ0v) is 24.4. The number of nitrogens with zero attached hydrogens (tertiary/aromatic N) is 1. The van der Waals surface area contributed by atoms with E-state index in [0.717, 1.165) is 42.9 Å². The number of hydrogen-bond acceptors (Lipinski definition) is 5. The van der Waals surface area contributed by atoms with E-state index in [4.69, 9.17) is 9.47 Å². The van der Waals surface area contributed by atoms with Gasteiger partial charge in [-0.3, -0.25) is 4.90 Å². The van der Waals surface area contributed by atoms with E-state index in [1.54, 1.807) is 36.4 Å². The molecule has 13 heteroatoms. The number of benzene rings is 3. The van der Waals surface area contributed by atoms with Crippen molar-refractivity contribution in [3.63, 3.8) is 0 Å². The molecule has 0 spiro atoms. The first kappa shape index (κ1) is 34.4. The van der Waals surface area contributed by atoms with Gasteiger partial charge in [0.1, 0.15) is 29.7 Å². The highest BCUT2D eigenvalue weighted by Crippen LogP contribution is 2.45. The maximum absolute atomic E-state index is 13.4. The fourth-order valence-corrected chi connectivity index (χ4v) is 5.37. The van der Waals surface area contributed by atoms with E-state index in [1.807, 2.05) is 0 Å². The van der Waals surface area contributed by atoms with E-state index < -0.39 is 35.4 Å². The van der Waals surface area contributed by atoms with Gasteiger partial charge in [0.15, 0.2) is 6.10 Å². The number of ether oxygens (including phenoxy) is 2. The number of fused-ring (bicyclic) bond motifs is 1. The molecule has 0 radical (unpaired) electrons. The number of piperidine rings is 1. The Morgan fingerprint density at radius 3 is 2.05 bits per heavy atom. The normalized spacial score (nSPS) is 19.9. The third-order valence-corrected chi connectivity index (χ3v) is 7.44. The molecule has 2 aliphatic rings. The van der Waals surface area contributed by atoms with Crippen LogP contribution in [0.4, 0.5) is 22.0 Å². The van der Waals surface area contributed by atoms with Gasteiger partial charge in [-0.05, 0) is 47.2 Å². The molecule has 234 valence electrons. The lowest BCUT2D eigenvalue weighted by Gasteiger charge is -2.20. The third kappa shape index (κ3) is 9.18. The topological polar surface area (TPSA) is 71.0 Å². The lowest BCUT2D eigenvalue weighted by molar-refractivity contribution is -0.145. The van der Waals surface area contributed by atoms with Crippen molar-refractivity contribution in [2.45, 2.75) is 31.3 Å². The van der Waals surface area contributed by atoms with Crippen LogP contribution in [0.2, 0.25) is 0 Å². The van der Waals surface area contributed by atoms with Crippen LogP contribution in [0.15, 0.2) is 66.7 Å². The number of carboxylic acids is 1. The molecule has 1 aliphatic carbocycles. The second-order valence-electron chi connectivity index (χ2n) is 10.4. The molecule has 43 heavy (non-hydrogen) atoms. The molecule has 1 aliphatic heterocycles. The second-order valence-corrected chi connectivity index (χ2v) is 10.4. The minimum Gasteiger partial charge on any atom is -0.492 e. The number of hydrogen-bond donors (Lipinski definition) is 2. The molecule has 6 nitrogen and oxygen atoms in total. The van der Waals surface area contributed by atoms with Crippen LogP contribution >= 0.6 is 24.8 Å². The van der Waals surface area contributed by atoms with Crippen molar-refractivity contribution in [1.82, 2.24) is 10.2 Å². The first-order valence-corrected chi connectivity index (χ1v) is 13.2. The van der Waals surface area contributed by atoms with Crippen LogP contribution in [-0.2, 0) is 23.9 Å². The second kappa shape index (κ2) is 14.6. The average molecular weight is 649 g/mol. The van der Waals surface area contributed by atoms with Crippen LogP contribution in [0.5, 0.6) is 11.5 Å². The van der Waals surface area contributed by atoms with E-state index in [0.29, 0.717) is 55.0 Å². The quantitative estimate of drug-likeness (QED) is 0.185. The number of nitrogens with one attached hydrogen (secondary N) is 1. The number of carboxylic acid groups (broad SMARTS) is 1. The van der Waals surface area contributed by atoms with Crippen molar-refractivity contribution < 1.29 is 41.3 Å². The first-order chi connectivity index (χ1) is 19.5. The maximum atomic E-state index is 13.4. The Labute approximate surface area is 258 Å². The highest BCUT2D eigenvalue weighted by atomic mass is 35.5. The minimum atomic E-state index is -4.32. The Morgan fingerprint density at radius 2 is 1.49 bits per heavy atom. The number of rotatable bonds is 12. The van der Waals surface area contributed by atoms with Crippen LogP contribution in [0, 0.1) is 23.5 Å². The highest BCUT2D eigenvalue weighted by Gasteiger charge is 2.55. The van der Waals surface area contributed by atoms with Gasteiger partial charge >= 0.3 is 12.1 Å². The molecule has 0 amide bonds. The molecule has 2 N–H and O–H groups in total. The molecule has 0 bridgehead atoms. The molecular weight excluding hydrogens is 618 g/mol. The molecule has 3 aromatic carbocycles. The van der Waals surface area contributed by atoms with Crippen molar-refractivity contribution in [2.24, 2.45) is 11.8 Å². The lowest BCUT2D eigenvalue weighted by atomic mass is 10.1. The number of carbonyl (C=O) groups is 1. The summed E-state index contributed by atoms with van der Waals surface area (Å²) in [6, 6.07) is 15.2. The van der Waals surface area contributed by atoms with E-state index in [-0.39, 0.29) is 37.0 Å². The summed E-state index contributed by atoms with van der Waals surface area (Å²) in [5, 5.41) is 13.0. The number of halogens is 7. The predicted octanol–water partition coefficient (Wildman–Crippen LogP) is 6.00. The summed E-state index contributed by atoms with van der Waals surface area (Å²) in [5.41, 5.74) is 0.897. The summed E-state index contributed by atoms with van der Waals surface area (Å²) in [6.07, 6.45) is -5.65. The van der Waals surface area contributed by atoms with Crippen LogP contribution in [0.25, 0.3) is 0 Å². The molecule has 0 aromatic heterocycles. The molecule has 3 aromatic rings. The van der Waals surface area contributed by atoms with Gasteiger partial charge in [0, 0.05) is 56.8 Å². The van der Waals surface area contributed by atoms with Gasteiger partial charge in [-0.15, -0.1) is 24.8 Å². The average Bonchev–Trinajstić information content (AvgIpc) is 3.35. The van der Waals surface area contributed by atoms with E-state index in [9.17, 15) is 31.9 Å². The smallest absolute Gasteiger partial charge is 0.416 e. The van der Waals surface area contributed by atoms with Gasteiger partial charge in [-0.2, -0.15) is 13.2 Å². The van der Waals surface area contributed by atoms with Crippen LogP contribution in [0.1, 0.15) is 16.7 Å². The lowest BCUT2D eigenvalue weighted by Crippen LogP contribution is -2.33. The van der Waals surface area contributed by atoms with Crippen LogP contribution < -0.4 is 14.8 Å². The minimum absolute atomic E-state index is 0. The fraction of sp³-hybridized carbons (Fsp3) is 0.367. The predicted molar refractivity (Wildman–Crippen MR) is 154 cm³/mol. The summed E-state index contributed by atoms with van der Waals surface area (Å²) in [7, 11) is 0. The zero-order valence-electron chi connectivity index (χ0n) is 22.7. The molecule has 4 atom stereocenters. The van der Waals surface area contributed by atoms with E-state index in [2.05, 4.69) is 10.2 Å². The Bertz CT molecular complexity index is 1330. The summed E-state index contributed by atoms with van der Waals surface area (Å²) in [5.74, 6) is -1.50. The monoisotopic (exact) mass is 648 g/mol. The largest absolute Gasteiger partial charge is 0.492 e. The van der Waals surface area contributed by atoms with Crippen molar-refractivity contribution >= 4 is 30.8 Å². The summed E-state index contributed by atoms with van der Waals surface area (Å²) >= 11 is 0. The number of alkyl halides is 3. The van der Waals surface area contributed by atoms with Gasteiger partial charge in [0.2, 0.25) is 0 Å². The van der Waals surface area contributed by atoms with Crippen molar-refractivity contribution in [3.05, 3.63) is 95.1 Å². The Morgan fingerprint density at radius 1 is 0.907 bits per heavy atom. The standard InChI is InChI=1S/C30H29F5N2O4.2ClH/c31-21-12-22(32)14-24(13-21)41-27(29(38)39)11-18-3-7-23(8-4-18)40-10-9-36-28-25-16-37(17-26(25)28)15-19-1-5-20(6-2-19)30(33,34)35;;/h1-8,12-14,25-28,36H,9-11,15-17H2,(H,38,39);2*1H/t25-,26+,27-,28?;;/m0../s1. The van der Waals surface area contributed by atoms with E-state index >= 15 is 0 Å². The SMILES string of the molecule is Cl.Cl.O=C(O)[C@H](Cc1ccc(OCCNC2[C@H]3CN(Cc4ccc(C(F)(F)F)cc4)C[C@@H]23)cc1)Oc1cc(F)cc(F)c1.